The summed E-state index contributed by atoms with van der Waals surface area (Å²) >= 11 is 0. The van der Waals surface area contributed by atoms with Crippen LogP contribution in [0.15, 0.2) is 4.99 Å². The number of ether oxygens (including phenoxy) is 1. The predicted molar refractivity (Wildman–Crippen MR) is 44.1 cm³/mol. The molecule has 0 aromatic heterocycles. The number of carbonyl (C=O) groups excluding carboxylic acids is 2. The van der Waals surface area contributed by atoms with Gasteiger partial charge in [-0.15, -0.1) is 0 Å². The van der Waals surface area contributed by atoms with Crippen LogP contribution in [0.1, 0.15) is 6.92 Å². The van der Waals surface area contributed by atoms with E-state index < -0.39 is 17.7 Å². The van der Waals surface area contributed by atoms with Gasteiger partial charge in [0.1, 0.15) is 6.07 Å². The maximum absolute atomic E-state index is 10.9. The van der Waals surface area contributed by atoms with Crippen LogP contribution in [0.2, 0.25) is 0 Å². The number of urea groups is 1. The Balaban J connectivity index is 4.52. The summed E-state index contributed by atoms with van der Waals surface area (Å²) < 4.78 is 4.47. The molecular formula is C7H9N3O3. The van der Waals surface area contributed by atoms with E-state index >= 15 is 0 Å². The van der Waals surface area contributed by atoms with E-state index in [-0.39, 0.29) is 6.61 Å². The molecule has 1 N–H and O–H groups in total. The van der Waals surface area contributed by atoms with Crippen molar-refractivity contribution in [2.24, 2.45) is 4.99 Å². The normalized spacial score (nSPS) is 10.1. The van der Waals surface area contributed by atoms with Crippen molar-refractivity contribution in [3.05, 3.63) is 0 Å². The second-order valence-electron chi connectivity index (χ2n) is 1.85. The fourth-order valence-corrected chi connectivity index (χ4v) is 0.473. The van der Waals surface area contributed by atoms with Gasteiger partial charge >= 0.3 is 12.0 Å². The lowest BCUT2D eigenvalue weighted by Gasteiger charge is -1.97. The number of rotatable bonds is 2. The van der Waals surface area contributed by atoms with Crippen molar-refractivity contribution in [1.29, 1.82) is 5.26 Å². The molecule has 0 radical (unpaired) electrons. The molecule has 70 valence electrons. The van der Waals surface area contributed by atoms with Gasteiger partial charge in [0.15, 0.2) is 0 Å². The highest BCUT2D eigenvalue weighted by molar-refractivity contribution is 6.44. The van der Waals surface area contributed by atoms with Gasteiger partial charge in [0, 0.05) is 7.05 Å². The van der Waals surface area contributed by atoms with E-state index in [0.717, 1.165) is 0 Å². The number of amides is 2. The first-order chi connectivity index (χ1) is 6.15. The van der Waals surface area contributed by atoms with Crippen molar-refractivity contribution in [2.45, 2.75) is 6.92 Å². The molecule has 0 bridgehead atoms. The van der Waals surface area contributed by atoms with E-state index in [1.165, 1.54) is 13.1 Å². The standard InChI is InChI=1S/C7H9N3O3/c1-3-13-6(11)5(4-8)10-7(12)9-2/h3H2,1-2H3,(H,9,12). The van der Waals surface area contributed by atoms with Crippen LogP contribution in [-0.4, -0.2) is 31.4 Å². The molecule has 0 saturated carbocycles. The highest BCUT2D eigenvalue weighted by Crippen LogP contribution is 1.85. The van der Waals surface area contributed by atoms with E-state index in [4.69, 9.17) is 5.26 Å². The Morgan fingerprint density at radius 3 is 2.62 bits per heavy atom. The van der Waals surface area contributed by atoms with Crippen molar-refractivity contribution in [3.8, 4) is 6.07 Å². The maximum Gasteiger partial charge on any atom is 0.368 e. The van der Waals surface area contributed by atoms with E-state index in [0.29, 0.717) is 0 Å². The van der Waals surface area contributed by atoms with E-state index in [1.54, 1.807) is 6.92 Å². The van der Waals surface area contributed by atoms with Gasteiger partial charge in [0.25, 0.3) is 0 Å². The predicted octanol–water partition coefficient (Wildman–Crippen LogP) is -0.147. The molecule has 0 aliphatic heterocycles. The third-order valence-corrected chi connectivity index (χ3v) is 1.00. The van der Waals surface area contributed by atoms with Gasteiger partial charge < -0.3 is 10.1 Å². The summed E-state index contributed by atoms with van der Waals surface area (Å²) in [5.41, 5.74) is -0.554. The molecule has 0 aliphatic carbocycles. The van der Waals surface area contributed by atoms with Crippen molar-refractivity contribution in [2.75, 3.05) is 13.7 Å². The molecule has 13 heavy (non-hydrogen) atoms. The van der Waals surface area contributed by atoms with Crippen LogP contribution in [0.25, 0.3) is 0 Å². The summed E-state index contributed by atoms with van der Waals surface area (Å²) in [4.78, 5) is 24.7. The molecule has 0 aromatic carbocycles. The Morgan fingerprint density at radius 1 is 1.62 bits per heavy atom. The summed E-state index contributed by atoms with van der Waals surface area (Å²) in [6, 6.07) is 0.707. The lowest BCUT2D eigenvalue weighted by Crippen LogP contribution is -2.21. The first kappa shape index (κ1) is 11.1. The summed E-state index contributed by atoms with van der Waals surface area (Å²) in [6.45, 7) is 1.72. The molecule has 0 aromatic rings. The zero-order valence-corrected chi connectivity index (χ0v) is 7.33. The van der Waals surface area contributed by atoms with Gasteiger partial charge in [0.05, 0.1) is 6.61 Å². The Bertz CT molecular complexity index is 277. The zero-order chi connectivity index (χ0) is 10.3. The van der Waals surface area contributed by atoms with Crippen LogP contribution in [-0.2, 0) is 9.53 Å². The molecule has 0 rings (SSSR count). The Kier molecular flexibility index (Phi) is 4.88. The van der Waals surface area contributed by atoms with Crippen LogP contribution < -0.4 is 5.32 Å². The second-order valence-corrected chi connectivity index (χ2v) is 1.85. The molecular weight excluding hydrogens is 174 g/mol. The van der Waals surface area contributed by atoms with Gasteiger partial charge in [-0.3, -0.25) is 0 Å². The number of hydrogen-bond acceptors (Lipinski definition) is 4. The number of carbonyl (C=O) groups is 2. The number of esters is 1. The minimum absolute atomic E-state index is 0.132. The molecule has 0 saturated heterocycles. The van der Waals surface area contributed by atoms with Crippen LogP contribution in [0.3, 0.4) is 0 Å². The minimum Gasteiger partial charge on any atom is -0.461 e. The molecule has 2 amide bonds. The van der Waals surface area contributed by atoms with E-state index in [1.807, 2.05) is 0 Å². The molecule has 0 aliphatic rings. The topological polar surface area (TPSA) is 91.6 Å². The van der Waals surface area contributed by atoms with E-state index in [2.05, 4.69) is 15.0 Å². The SMILES string of the molecule is CCOC(=O)C(C#N)=NC(=O)NC. The zero-order valence-electron chi connectivity index (χ0n) is 7.33. The lowest BCUT2D eigenvalue weighted by molar-refractivity contribution is -0.134. The minimum atomic E-state index is -0.895. The van der Waals surface area contributed by atoms with Gasteiger partial charge in [-0.05, 0) is 6.92 Å². The molecule has 0 atom stereocenters. The van der Waals surface area contributed by atoms with Crippen LogP contribution in [0, 0.1) is 11.3 Å². The number of nitrogens with zero attached hydrogens (tertiary/aromatic N) is 2. The quantitative estimate of drug-likeness (QED) is 0.476. The summed E-state index contributed by atoms with van der Waals surface area (Å²) in [5, 5.41) is 10.5. The van der Waals surface area contributed by atoms with Crippen LogP contribution in [0.4, 0.5) is 4.79 Å². The number of nitriles is 1. The summed E-state index contributed by atoms with van der Waals surface area (Å²) in [5.74, 6) is -0.895. The average molecular weight is 183 g/mol. The fraction of sp³-hybridized carbons (Fsp3) is 0.429. The maximum atomic E-state index is 10.9. The first-order valence-corrected chi connectivity index (χ1v) is 3.53. The monoisotopic (exact) mass is 183 g/mol. The smallest absolute Gasteiger partial charge is 0.368 e. The van der Waals surface area contributed by atoms with Gasteiger partial charge in [-0.1, -0.05) is 0 Å². The number of aliphatic imine (C=N–C) groups is 1. The highest BCUT2D eigenvalue weighted by Gasteiger charge is 2.12. The molecule has 0 heterocycles. The Hall–Kier alpha value is -1.90. The number of hydrogen-bond donors (Lipinski definition) is 1. The van der Waals surface area contributed by atoms with Crippen molar-refractivity contribution < 1.29 is 14.3 Å². The third kappa shape index (κ3) is 3.86. The van der Waals surface area contributed by atoms with E-state index in [9.17, 15) is 9.59 Å². The summed E-state index contributed by atoms with van der Waals surface area (Å²) in [6.07, 6.45) is 0. The van der Waals surface area contributed by atoms with Crippen LogP contribution in [0.5, 0.6) is 0 Å². The molecule has 6 heteroatoms. The third-order valence-electron chi connectivity index (χ3n) is 1.00. The van der Waals surface area contributed by atoms with Crippen molar-refractivity contribution in [3.63, 3.8) is 0 Å². The lowest BCUT2D eigenvalue weighted by atomic mass is 10.4. The van der Waals surface area contributed by atoms with Gasteiger partial charge in [0.2, 0.25) is 5.71 Å². The fourth-order valence-electron chi connectivity index (χ4n) is 0.473. The van der Waals surface area contributed by atoms with Crippen molar-refractivity contribution >= 4 is 17.7 Å². The Labute approximate surface area is 75.2 Å². The Morgan fingerprint density at radius 2 is 2.23 bits per heavy atom. The molecule has 0 fully saturated rings. The molecule has 6 nitrogen and oxygen atoms in total. The average Bonchev–Trinajstić information content (AvgIpc) is 2.14. The van der Waals surface area contributed by atoms with Crippen molar-refractivity contribution in [1.82, 2.24) is 5.32 Å². The summed E-state index contributed by atoms with van der Waals surface area (Å²) in [7, 11) is 1.34. The number of nitrogens with one attached hydrogen (secondary N) is 1. The highest BCUT2D eigenvalue weighted by atomic mass is 16.5. The second kappa shape index (κ2) is 5.71. The van der Waals surface area contributed by atoms with Gasteiger partial charge in [-0.25, -0.2) is 9.59 Å². The molecule has 0 unspecified atom stereocenters. The van der Waals surface area contributed by atoms with Crippen LogP contribution >= 0.6 is 0 Å². The van der Waals surface area contributed by atoms with Gasteiger partial charge in [-0.2, -0.15) is 10.3 Å². The first-order valence-electron chi connectivity index (χ1n) is 3.53. The molecule has 0 spiro atoms. The largest absolute Gasteiger partial charge is 0.461 e.